The maximum atomic E-state index is 3.43. The molecule has 0 heterocycles. The van der Waals surface area contributed by atoms with Crippen LogP contribution in [0, 0.1) is 11.8 Å². The largest absolute Gasteiger partial charge is 0.315 e. The van der Waals surface area contributed by atoms with Crippen LogP contribution in [0.3, 0.4) is 0 Å². The van der Waals surface area contributed by atoms with Gasteiger partial charge in [-0.15, -0.1) is 0 Å². The van der Waals surface area contributed by atoms with E-state index in [0.717, 1.165) is 18.4 Å². The van der Waals surface area contributed by atoms with Gasteiger partial charge in [-0.1, -0.05) is 34.6 Å². The third kappa shape index (κ3) is 6.36. The quantitative estimate of drug-likeness (QED) is 0.647. The highest BCUT2D eigenvalue weighted by molar-refractivity contribution is 4.60. The van der Waals surface area contributed by atoms with Crippen LogP contribution < -0.4 is 5.32 Å². The summed E-state index contributed by atoms with van der Waals surface area (Å²) in [4.78, 5) is 0. The van der Waals surface area contributed by atoms with Crippen molar-refractivity contribution in [2.45, 2.75) is 47.1 Å². The Bertz CT molecular complexity index is 86.9. The van der Waals surface area contributed by atoms with Gasteiger partial charge in [0.25, 0.3) is 0 Å². The smallest absolute Gasteiger partial charge is 0.00103 e. The minimum atomic E-state index is 0.634. The molecule has 0 aliphatic carbocycles. The molecule has 0 bridgehead atoms. The molecule has 1 atom stereocenters. The molecular formula is C10H23N. The lowest BCUT2D eigenvalue weighted by Gasteiger charge is -2.16. The van der Waals surface area contributed by atoms with Gasteiger partial charge in [0, 0.05) is 6.04 Å². The van der Waals surface area contributed by atoms with Crippen molar-refractivity contribution in [1.82, 2.24) is 5.32 Å². The predicted molar refractivity (Wildman–Crippen MR) is 51.8 cm³/mol. The molecule has 11 heavy (non-hydrogen) atoms. The van der Waals surface area contributed by atoms with E-state index in [-0.39, 0.29) is 0 Å². The standard InChI is InChI=1S/C10H23N/c1-8(2)10(5)6-7-11-9(3)4/h8-11H,6-7H2,1-5H3/t10-/m0/s1. The van der Waals surface area contributed by atoms with Crippen LogP contribution >= 0.6 is 0 Å². The second-order valence-corrected chi connectivity index (χ2v) is 4.12. The fourth-order valence-electron chi connectivity index (χ4n) is 0.933. The third-order valence-electron chi connectivity index (χ3n) is 2.29. The normalized spacial score (nSPS) is 14.5. The molecule has 0 saturated heterocycles. The molecule has 0 aliphatic rings. The summed E-state index contributed by atoms with van der Waals surface area (Å²) >= 11 is 0. The summed E-state index contributed by atoms with van der Waals surface area (Å²) in [5.74, 6) is 1.67. The second-order valence-electron chi connectivity index (χ2n) is 4.12. The molecule has 0 aliphatic heterocycles. The van der Waals surface area contributed by atoms with Crippen molar-refractivity contribution in [3.8, 4) is 0 Å². The van der Waals surface area contributed by atoms with Gasteiger partial charge in [0.2, 0.25) is 0 Å². The Hall–Kier alpha value is -0.0400. The Morgan fingerprint density at radius 2 is 1.55 bits per heavy atom. The van der Waals surface area contributed by atoms with Gasteiger partial charge >= 0.3 is 0 Å². The van der Waals surface area contributed by atoms with Crippen LogP contribution in [0.2, 0.25) is 0 Å². The average Bonchev–Trinajstić information content (AvgIpc) is 1.86. The topological polar surface area (TPSA) is 12.0 Å². The van der Waals surface area contributed by atoms with E-state index in [9.17, 15) is 0 Å². The summed E-state index contributed by atoms with van der Waals surface area (Å²) < 4.78 is 0. The van der Waals surface area contributed by atoms with E-state index < -0.39 is 0 Å². The van der Waals surface area contributed by atoms with Gasteiger partial charge in [-0.3, -0.25) is 0 Å². The van der Waals surface area contributed by atoms with Gasteiger partial charge in [0.15, 0.2) is 0 Å². The SMILES string of the molecule is CC(C)NCC[C@H](C)C(C)C. The molecule has 1 nitrogen and oxygen atoms in total. The maximum absolute atomic E-state index is 3.43. The van der Waals surface area contributed by atoms with Crippen LogP contribution in [0.25, 0.3) is 0 Å². The number of hydrogen-bond acceptors (Lipinski definition) is 1. The van der Waals surface area contributed by atoms with E-state index in [1.807, 2.05) is 0 Å². The van der Waals surface area contributed by atoms with Gasteiger partial charge in [-0.25, -0.2) is 0 Å². The molecule has 0 aromatic heterocycles. The molecule has 0 saturated carbocycles. The maximum Gasteiger partial charge on any atom is 0.00103 e. The lowest BCUT2D eigenvalue weighted by Crippen LogP contribution is -2.25. The Morgan fingerprint density at radius 1 is 1.00 bits per heavy atom. The van der Waals surface area contributed by atoms with Crippen LogP contribution in [-0.4, -0.2) is 12.6 Å². The first kappa shape index (κ1) is 11.0. The number of rotatable bonds is 5. The molecule has 0 fully saturated rings. The minimum Gasteiger partial charge on any atom is -0.315 e. The summed E-state index contributed by atoms with van der Waals surface area (Å²) in [6, 6.07) is 0.634. The van der Waals surface area contributed by atoms with Crippen LogP contribution in [0.5, 0.6) is 0 Å². The first-order valence-corrected chi connectivity index (χ1v) is 4.77. The molecule has 0 aromatic rings. The van der Waals surface area contributed by atoms with Crippen molar-refractivity contribution in [3.05, 3.63) is 0 Å². The van der Waals surface area contributed by atoms with Gasteiger partial charge in [-0.05, 0) is 24.8 Å². The van der Waals surface area contributed by atoms with Crippen LogP contribution in [0.1, 0.15) is 41.0 Å². The van der Waals surface area contributed by atoms with Crippen LogP contribution in [0.15, 0.2) is 0 Å². The summed E-state index contributed by atoms with van der Waals surface area (Å²) in [7, 11) is 0. The third-order valence-corrected chi connectivity index (χ3v) is 2.29. The van der Waals surface area contributed by atoms with E-state index in [1.54, 1.807) is 0 Å². The highest BCUT2D eigenvalue weighted by Crippen LogP contribution is 2.12. The Balaban J connectivity index is 3.24. The summed E-state index contributed by atoms with van der Waals surface area (Å²) in [5.41, 5.74) is 0. The highest BCUT2D eigenvalue weighted by Gasteiger charge is 2.05. The van der Waals surface area contributed by atoms with Crippen molar-refractivity contribution in [3.63, 3.8) is 0 Å². The molecule has 1 heteroatoms. The second kappa shape index (κ2) is 5.59. The van der Waals surface area contributed by atoms with Crippen molar-refractivity contribution >= 4 is 0 Å². The van der Waals surface area contributed by atoms with Crippen LogP contribution in [-0.2, 0) is 0 Å². The Kier molecular flexibility index (Phi) is 5.57. The van der Waals surface area contributed by atoms with E-state index in [0.29, 0.717) is 6.04 Å². The first-order chi connectivity index (χ1) is 5.04. The summed E-state index contributed by atoms with van der Waals surface area (Å²) in [5, 5.41) is 3.43. The van der Waals surface area contributed by atoms with Crippen molar-refractivity contribution in [1.29, 1.82) is 0 Å². The van der Waals surface area contributed by atoms with Gasteiger partial charge in [-0.2, -0.15) is 0 Å². The fourth-order valence-corrected chi connectivity index (χ4v) is 0.933. The lowest BCUT2D eigenvalue weighted by molar-refractivity contribution is 0.376. The molecule has 0 rings (SSSR count). The monoisotopic (exact) mass is 157 g/mol. The summed E-state index contributed by atoms with van der Waals surface area (Å²) in [6.45, 7) is 12.5. The van der Waals surface area contributed by atoms with Gasteiger partial charge in [0.05, 0.1) is 0 Å². The lowest BCUT2D eigenvalue weighted by atomic mass is 9.95. The number of nitrogens with one attached hydrogen (secondary N) is 1. The fraction of sp³-hybridized carbons (Fsp3) is 1.00. The first-order valence-electron chi connectivity index (χ1n) is 4.77. The molecule has 0 radical (unpaired) electrons. The molecule has 1 N–H and O–H groups in total. The van der Waals surface area contributed by atoms with E-state index >= 15 is 0 Å². The zero-order chi connectivity index (χ0) is 8.85. The molecule has 0 aromatic carbocycles. The van der Waals surface area contributed by atoms with Crippen molar-refractivity contribution in [2.75, 3.05) is 6.54 Å². The number of hydrogen-bond donors (Lipinski definition) is 1. The zero-order valence-corrected chi connectivity index (χ0v) is 8.65. The van der Waals surface area contributed by atoms with E-state index in [4.69, 9.17) is 0 Å². The Labute approximate surface area is 71.6 Å². The van der Waals surface area contributed by atoms with Gasteiger partial charge < -0.3 is 5.32 Å². The predicted octanol–water partition coefficient (Wildman–Crippen LogP) is 2.67. The minimum absolute atomic E-state index is 0.634. The highest BCUT2D eigenvalue weighted by atomic mass is 14.9. The molecule has 68 valence electrons. The van der Waals surface area contributed by atoms with E-state index in [1.165, 1.54) is 6.42 Å². The van der Waals surface area contributed by atoms with Crippen LogP contribution in [0.4, 0.5) is 0 Å². The van der Waals surface area contributed by atoms with Gasteiger partial charge in [0.1, 0.15) is 0 Å². The molecular weight excluding hydrogens is 134 g/mol. The molecule has 0 unspecified atom stereocenters. The zero-order valence-electron chi connectivity index (χ0n) is 8.65. The van der Waals surface area contributed by atoms with Crippen molar-refractivity contribution in [2.24, 2.45) is 11.8 Å². The Morgan fingerprint density at radius 3 is 1.91 bits per heavy atom. The van der Waals surface area contributed by atoms with Crippen molar-refractivity contribution < 1.29 is 0 Å². The molecule has 0 spiro atoms. The average molecular weight is 157 g/mol. The molecule has 0 amide bonds. The van der Waals surface area contributed by atoms with E-state index in [2.05, 4.69) is 39.9 Å². The summed E-state index contributed by atoms with van der Waals surface area (Å²) in [6.07, 6.45) is 1.30.